The standard InChI is InChI=1S/C22H21FN2O4S/c1-25(2)30(27,28)19-13-11-18(12-14-19)24-22(26)20-5-3-4-6-21(20)29-15-16-7-9-17(23)10-8-16/h3-14H,15H2,1-2H3,(H,24,26). The Bertz CT molecular complexity index is 1130. The number of anilines is 1. The largest absolute Gasteiger partial charge is 0.488 e. The molecule has 8 heteroatoms. The van der Waals surface area contributed by atoms with Crippen LogP contribution in [0.15, 0.2) is 77.7 Å². The Labute approximate surface area is 175 Å². The number of ether oxygens (including phenoxy) is 1. The molecule has 0 aliphatic carbocycles. The van der Waals surface area contributed by atoms with Crippen LogP contribution >= 0.6 is 0 Å². The number of rotatable bonds is 7. The van der Waals surface area contributed by atoms with E-state index in [0.29, 0.717) is 17.0 Å². The monoisotopic (exact) mass is 428 g/mol. The van der Waals surface area contributed by atoms with E-state index in [9.17, 15) is 17.6 Å². The average Bonchev–Trinajstić information content (AvgIpc) is 2.74. The summed E-state index contributed by atoms with van der Waals surface area (Å²) < 4.78 is 44.2. The minimum Gasteiger partial charge on any atom is -0.488 e. The van der Waals surface area contributed by atoms with Crippen LogP contribution in [0.25, 0.3) is 0 Å². The topological polar surface area (TPSA) is 75.7 Å². The lowest BCUT2D eigenvalue weighted by molar-refractivity contribution is 0.102. The number of carbonyl (C=O) groups excluding carboxylic acids is 1. The Balaban J connectivity index is 1.72. The van der Waals surface area contributed by atoms with Crippen LogP contribution in [0.4, 0.5) is 10.1 Å². The summed E-state index contributed by atoms with van der Waals surface area (Å²) in [6, 6.07) is 18.6. The zero-order chi connectivity index (χ0) is 21.7. The third kappa shape index (κ3) is 5.03. The van der Waals surface area contributed by atoms with Gasteiger partial charge in [0.25, 0.3) is 5.91 Å². The van der Waals surface area contributed by atoms with Crippen molar-refractivity contribution in [2.24, 2.45) is 0 Å². The van der Waals surface area contributed by atoms with Gasteiger partial charge in [0.15, 0.2) is 0 Å². The molecule has 30 heavy (non-hydrogen) atoms. The van der Waals surface area contributed by atoms with Gasteiger partial charge in [-0.3, -0.25) is 4.79 Å². The molecule has 0 atom stereocenters. The van der Waals surface area contributed by atoms with Gasteiger partial charge >= 0.3 is 0 Å². The van der Waals surface area contributed by atoms with Gasteiger partial charge < -0.3 is 10.1 Å². The minimum absolute atomic E-state index is 0.133. The lowest BCUT2D eigenvalue weighted by atomic mass is 10.1. The molecule has 0 heterocycles. The molecule has 6 nitrogen and oxygen atoms in total. The van der Waals surface area contributed by atoms with Gasteiger partial charge in [0.2, 0.25) is 10.0 Å². The summed E-state index contributed by atoms with van der Waals surface area (Å²) in [7, 11) is -0.636. The molecule has 3 aromatic carbocycles. The van der Waals surface area contributed by atoms with Crippen LogP contribution in [0.2, 0.25) is 0 Å². The number of halogens is 1. The van der Waals surface area contributed by atoms with Crippen LogP contribution in [-0.4, -0.2) is 32.7 Å². The zero-order valence-corrected chi connectivity index (χ0v) is 17.3. The molecule has 0 aromatic heterocycles. The second-order valence-electron chi connectivity index (χ2n) is 6.68. The summed E-state index contributed by atoms with van der Waals surface area (Å²) in [5.41, 5.74) is 1.54. The molecule has 3 aromatic rings. The van der Waals surface area contributed by atoms with Gasteiger partial charge in [-0.2, -0.15) is 0 Å². The number of nitrogens with one attached hydrogen (secondary N) is 1. The van der Waals surface area contributed by atoms with E-state index in [1.807, 2.05) is 0 Å². The number of sulfonamides is 1. The highest BCUT2D eigenvalue weighted by atomic mass is 32.2. The van der Waals surface area contributed by atoms with E-state index in [1.54, 1.807) is 36.4 Å². The Morgan fingerprint density at radius 3 is 2.23 bits per heavy atom. The normalized spacial score (nSPS) is 11.3. The highest BCUT2D eigenvalue weighted by Gasteiger charge is 2.17. The number of benzene rings is 3. The number of hydrogen-bond acceptors (Lipinski definition) is 4. The molecular weight excluding hydrogens is 407 g/mol. The van der Waals surface area contributed by atoms with Crippen molar-refractivity contribution >= 4 is 21.6 Å². The smallest absolute Gasteiger partial charge is 0.259 e. The van der Waals surface area contributed by atoms with Crippen LogP contribution in [0, 0.1) is 5.82 Å². The number of carbonyl (C=O) groups is 1. The Morgan fingerprint density at radius 1 is 0.967 bits per heavy atom. The van der Waals surface area contributed by atoms with Crippen LogP contribution in [0.5, 0.6) is 5.75 Å². The summed E-state index contributed by atoms with van der Waals surface area (Å²) in [6.07, 6.45) is 0. The molecule has 1 N–H and O–H groups in total. The Morgan fingerprint density at radius 2 is 1.60 bits per heavy atom. The fourth-order valence-corrected chi connectivity index (χ4v) is 3.54. The molecule has 0 unspecified atom stereocenters. The van der Waals surface area contributed by atoms with Crippen molar-refractivity contribution in [2.45, 2.75) is 11.5 Å². The first-order valence-corrected chi connectivity index (χ1v) is 10.5. The van der Waals surface area contributed by atoms with E-state index in [2.05, 4.69) is 5.32 Å². The summed E-state index contributed by atoms with van der Waals surface area (Å²) in [4.78, 5) is 12.8. The molecule has 0 fully saturated rings. The second kappa shape index (κ2) is 9.06. The van der Waals surface area contributed by atoms with E-state index in [4.69, 9.17) is 4.74 Å². The quantitative estimate of drug-likeness (QED) is 0.619. The highest BCUT2D eigenvalue weighted by molar-refractivity contribution is 7.89. The van der Waals surface area contributed by atoms with Crippen molar-refractivity contribution in [1.29, 1.82) is 0 Å². The maximum atomic E-state index is 13.0. The van der Waals surface area contributed by atoms with Gasteiger partial charge in [0.1, 0.15) is 18.2 Å². The summed E-state index contributed by atoms with van der Waals surface area (Å²) in [5.74, 6) is -0.345. The van der Waals surface area contributed by atoms with Crippen molar-refractivity contribution in [1.82, 2.24) is 4.31 Å². The predicted octanol–water partition coefficient (Wildman–Crippen LogP) is 3.91. The number of amides is 1. The van der Waals surface area contributed by atoms with Crippen molar-refractivity contribution in [3.63, 3.8) is 0 Å². The van der Waals surface area contributed by atoms with Gasteiger partial charge in [0, 0.05) is 19.8 Å². The van der Waals surface area contributed by atoms with Crippen molar-refractivity contribution < 1.29 is 22.3 Å². The Hall–Kier alpha value is -3.23. The minimum atomic E-state index is -3.54. The predicted molar refractivity (Wildman–Crippen MR) is 112 cm³/mol. The zero-order valence-electron chi connectivity index (χ0n) is 16.5. The molecule has 0 aliphatic heterocycles. The van der Waals surface area contributed by atoms with Crippen molar-refractivity contribution in [3.05, 3.63) is 89.7 Å². The lowest BCUT2D eigenvalue weighted by Crippen LogP contribution is -2.22. The molecular formula is C22H21FN2O4S. The fourth-order valence-electron chi connectivity index (χ4n) is 2.64. The maximum Gasteiger partial charge on any atom is 0.259 e. The molecule has 0 spiro atoms. The van der Waals surface area contributed by atoms with Crippen LogP contribution in [0.3, 0.4) is 0 Å². The third-order valence-electron chi connectivity index (χ3n) is 4.33. The van der Waals surface area contributed by atoms with E-state index >= 15 is 0 Å². The van der Waals surface area contributed by atoms with Gasteiger partial charge in [-0.25, -0.2) is 17.1 Å². The molecule has 0 radical (unpaired) electrons. The van der Waals surface area contributed by atoms with E-state index in [1.165, 1.54) is 50.5 Å². The average molecular weight is 428 g/mol. The van der Waals surface area contributed by atoms with Crippen LogP contribution in [0.1, 0.15) is 15.9 Å². The van der Waals surface area contributed by atoms with E-state index < -0.39 is 15.9 Å². The lowest BCUT2D eigenvalue weighted by Gasteiger charge is -2.13. The first kappa shape index (κ1) is 21.5. The maximum absolute atomic E-state index is 13.0. The molecule has 0 saturated heterocycles. The number of hydrogen-bond donors (Lipinski definition) is 1. The summed E-state index contributed by atoms with van der Waals surface area (Å²) in [6.45, 7) is 0.182. The molecule has 3 rings (SSSR count). The van der Waals surface area contributed by atoms with Crippen molar-refractivity contribution in [3.8, 4) is 5.75 Å². The first-order valence-electron chi connectivity index (χ1n) is 9.07. The summed E-state index contributed by atoms with van der Waals surface area (Å²) >= 11 is 0. The highest BCUT2D eigenvalue weighted by Crippen LogP contribution is 2.22. The Kier molecular flexibility index (Phi) is 6.49. The van der Waals surface area contributed by atoms with Gasteiger partial charge in [0.05, 0.1) is 10.5 Å². The molecule has 0 aliphatic rings. The fraction of sp³-hybridized carbons (Fsp3) is 0.136. The van der Waals surface area contributed by atoms with Crippen molar-refractivity contribution in [2.75, 3.05) is 19.4 Å². The molecule has 0 bridgehead atoms. The summed E-state index contributed by atoms with van der Waals surface area (Å²) in [5, 5.41) is 2.74. The first-order chi connectivity index (χ1) is 14.3. The van der Waals surface area contributed by atoms with Crippen LogP contribution < -0.4 is 10.1 Å². The third-order valence-corrected chi connectivity index (χ3v) is 6.16. The number of nitrogens with zero attached hydrogens (tertiary/aromatic N) is 1. The van der Waals surface area contributed by atoms with Gasteiger partial charge in [-0.05, 0) is 54.1 Å². The number of para-hydroxylation sites is 1. The molecule has 0 saturated carbocycles. The van der Waals surface area contributed by atoms with E-state index in [0.717, 1.165) is 9.87 Å². The molecule has 1 amide bonds. The molecule has 156 valence electrons. The SMILES string of the molecule is CN(C)S(=O)(=O)c1ccc(NC(=O)c2ccccc2OCc2ccc(F)cc2)cc1. The second-order valence-corrected chi connectivity index (χ2v) is 8.83. The van der Waals surface area contributed by atoms with Gasteiger partial charge in [-0.15, -0.1) is 0 Å². The van der Waals surface area contributed by atoms with Crippen LogP contribution in [-0.2, 0) is 16.6 Å². The van der Waals surface area contributed by atoms with Gasteiger partial charge in [-0.1, -0.05) is 24.3 Å². The van der Waals surface area contributed by atoms with E-state index in [-0.39, 0.29) is 17.3 Å².